The smallest absolute Gasteiger partial charge is 0.428 e. The lowest BCUT2D eigenvalue weighted by Crippen LogP contribution is -2.53. The molecule has 0 bridgehead atoms. The molecule has 1 aromatic carbocycles. The van der Waals surface area contributed by atoms with E-state index in [4.69, 9.17) is 0 Å². The van der Waals surface area contributed by atoms with Gasteiger partial charge in [-0.3, -0.25) is 0 Å². The molecule has 20 heavy (non-hydrogen) atoms. The van der Waals surface area contributed by atoms with Crippen LogP contribution >= 0.6 is 0 Å². The largest absolute Gasteiger partial charge is 0.464 e. The zero-order valence-corrected chi connectivity index (χ0v) is 11.3. The highest BCUT2D eigenvalue weighted by molar-refractivity contribution is 5.80. The number of ether oxygens (including phenoxy) is 1. The second-order valence-electron chi connectivity index (χ2n) is 4.59. The molecule has 1 N–H and O–H groups in total. The summed E-state index contributed by atoms with van der Waals surface area (Å²) in [6.45, 7) is 2.68. The van der Waals surface area contributed by atoms with Crippen LogP contribution in [0.2, 0.25) is 0 Å². The van der Waals surface area contributed by atoms with Crippen LogP contribution in [0.15, 0.2) is 30.3 Å². The van der Waals surface area contributed by atoms with Gasteiger partial charge in [-0.25, -0.2) is 4.79 Å². The lowest BCUT2D eigenvalue weighted by molar-refractivity contribution is -0.265. The molecule has 6 heteroatoms. The van der Waals surface area contributed by atoms with E-state index < -0.39 is 30.1 Å². The number of halogens is 3. The third kappa shape index (κ3) is 3.50. The molecule has 1 aromatic rings. The van der Waals surface area contributed by atoms with Gasteiger partial charge in [0, 0.05) is 6.42 Å². The summed E-state index contributed by atoms with van der Waals surface area (Å²) in [6, 6.07) is 8.39. The van der Waals surface area contributed by atoms with Gasteiger partial charge in [0.2, 0.25) is 0 Å². The number of aliphatic hydroxyl groups is 1. The quantitative estimate of drug-likeness (QED) is 0.848. The van der Waals surface area contributed by atoms with Crippen molar-refractivity contribution in [1.29, 1.82) is 0 Å². The SMILES string of the molecule is CCOC(=O)C(O)(CC(C)c1ccccc1)C(F)(F)F. The maximum Gasteiger partial charge on any atom is 0.428 e. The Morgan fingerprint density at radius 2 is 1.85 bits per heavy atom. The first-order chi connectivity index (χ1) is 9.22. The summed E-state index contributed by atoms with van der Waals surface area (Å²) >= 11 is 0. The van der Waals surface area contributed by atoms with Gasteiger partial charge in [0.1, 0.15) is 0 Å². The molecule has 0 saturated carbocycles. The minimum atomic E-state index is -5.08. The molecule has 0 saturated heterocycles. The summed E-state index contributed by atoms with van der Waals surface area (Å²) in [5.74, 6) is -2.30. The third-order valence-corrected chi connectivity index (χ3v) is 3.05. The first-order valence-corrected chi connectivity index (χ1v) is 6.23. The molecule has 0 aliphatic carbocycles. The Kier molecular flexibility index (Phi) is 5.16. The van der Waals surface area contributed by atoms with Gasteiger partial charge >= 0.3 is 12.1 Å². The van der Waals surface area contributed by atoms with Crippen molar-refractivity contribution in [2.45, 2.75) is 38.0 Å². The van der Waals surface area contributed by atoms with Gasteiger partial charge in [-0.1, -0.05) is 37.3 Å². The zero-order valence-electron chi connectivity index (χ0n) is 11.3. The van der Waals surface area contributed by atoms with Gasteiger partial charge in [-0.15, -0.1) is 0 Å². The Hall–Kier alpha value is -1.56. The summed E-state index contributed by atoms with van der Waals surface area (Å²) in [6.07, 6.45) is -5.86. The van der Waals surface area contributed by atoms with Gasteiger partial charge in [-0.2, -0.15) is 13.2 Å². The van der Waals surface area contributed by atoms with Gasteiger partial charge in [0.25, 0.3) is 5.60 Å². The molecule has 3 nitrogen and oxygen atoms in total. The summed E-state index contributed by atoms with van der Waals surface area (Å²) in [7, 11) is 0. The highest BCUT2D eigenvalue weighted by Gasteiger charge is 2.61. The van der Waals surface area contributed by atoms with E-state index in [2.05, 4.69) is 4.74 Å². The van der Waals surface area contributed by atoms with Gasteiger partial charge < -0.3 is 9.84 Å². The van der Waals surface area contributed by atoms with Crippen molar-refractivity contribution in [3.8, 4) is 0 Å². The van der Waals surface area contributed by atoms with Crippen molar-refractivity contribution in [2.75, 3.05) is 6.61 Å². The average molecular weight is 290 g/mol. The van der Waals surface area contributed by atoms with Gasteiger partial charge in [0.05, 0.1) is 6.61 Å². The second-order valence-corrected chi connectivity index (χ2v) is 4.59. The van der Waals surface area contributed by atoms with Crippen molar-refractivity contribution in [3.05, 3.63) is 35.9 Å². The number of carbonyl (C=O) groups is 1. The van der Waals surface area contributed by atoms with E-state index in [1.54, 1.807) is 30.3 Å². The topological polar surface area (TPSA) is 46.5 Å². The van der Waals surface area contributed by atoms with Crippen molar-refractivity contribution in [1.82, 2.24) is 0 Å². The average Bonchev–Trinajstić information content (AvgIpc) is 2.38. The Labute approximate surface area is 115 Å². The fourth-order valence-corrected chi connectivity index (χ4v) is 1.91. The summed E-state index contributed by atoms with van der Waals surface area (Å²) < 4.78 is 43.4. The monoisotopic (exact) mass is 290 g/mol. The molecule has 1 rings (SSSR count). The molecule has 0 fully saturated rings. The molecular weight excluding hydrogens is 273 g/mol. The molecule has 0 amide bonds. The van der Waals surface area contributed by atoms with Crippen molar-refractivity contribution in [2.24, 2.45) is 0 Å². The number of esters is 1. The molecule has 0 heterocycles. The van der Waals surface area contributed by atoms with Gasteiger partial charge in [-0.05, 0) is 18.4 Å². The minimum Gasteiger partial charge on any atom is -0.464 e. The number of rotatable bonds is 5. The number of benzene rings is 1. The maximum atomic E-state index is 13.0. The van der Waals surface area contributed by atoms with Gasteiger partial charge in [0.15, 0.2) is 0 Å². The van der Waals surface area contributed by atoms with E-state index in [9.17, 15) is 23.1 Å². The van der Waals surface area contributed by atoms with Crippen molar-refractivity contribution < 1.29 is 27.8 Å². The van der Waals surface area contributed by atoms with Crippen LogP contribution < -0.4 is 0 Å². The fraction of sp³-hybridized carbons (Fsp3) is 0.500. The van der Waals surface area contributed by atoms with E-state index in [1.807, 2.05) is 0 Å². The van der Waals surface area contributed by atoms with Crippen molar-refractivity contribution in [3.63, 3.8) is 0 Å². The molecule has 112 valence electrons. The molecule has 2 atom stereocenters. The maximum absolute atomic E-state index is 13.0. The highest BCUT2D eigenvalue weighted by atomic mass is 19.4. The molecule has 2 unspecified atom stereocenters. The lowest BCUT2D eigenvalue weighted by Gasteiger charge is -2.30. The van der Waals surface area contributed by atoms with Crippen LogP contribution in [0.1, 0.15) is 31.7 Å². The lowest BCUT2D eigenvalue weighted by atomic mass is 9.86. The first kappa shape index (κ1) is 16.5. The van der Waals surface area contributed by atoms with Crippen LogP contribution in [-0.2, 0) is 9.53 Å². The molecular formula is C14H17F3O3. The van der Waals surface area contributed by atoms with E-state index in [0.29, 0.717) is 5.56 Å². The number of hydrogen-bond donors (Lipinski definition) is 1. The van der Waals surface area contributed by atoms with E-state index in [0.717, 1.165) is 0 Å². The van der Waals surface area contributed by atoms with Crippen LogP contribution in [0.5, 0.6) is 0 Å². The number of hydrogen-bond acceptors (Lipinski definition) is 3. The number of alkyl halides is 3. The Bertz CT molecular complexity index is 445. The highest BCUT2D eigenvalue weighted by Crippen LogP contribution is 2.39. The van der Waals surface area contributed by atoms with Crippen LogP contribution in [0.4, 0.5) is 13.2 Å². The van der Waals surface area contributed by atoms with Crippen LogP contribution in [0.3, 0.4) is 0 Å². The molecule has 0 aromatic heterocycles. The standard InChI is InChI=1S/C14H17F3O3/c1-3-20-12(18)13(19,14(15,16)17)9-10(2)11-7-5-4-6-8-11/h4-8,10,19H,3,9H2,1-2H3. The van der Waals surface area contributed by atoms with E-state index in [1.165, 1.54) is 13.8 Å². The predicted molar refractivity (Wildman–Crippen MR) is 67.1 cm³/mol. The second kappa shape index (κ2) is 6.26. The molecule has 0 spiro atoms. The van der Waals surface area contributed by atoms with Crippen LogP contribution in [0, 0.1) is 0 Å². The zero-order chi connectivity index (χ0) is 15.4. The summed E-state index contributed by atoms with van der Waals surface area (Å²) in [4.78, 5) is 11.5. The molecule has 0 radical (unpaired) electrons. The first-order valence-electron chi connectivity index (χ1n) is 6.23. The number of carbonyl (C=O) groups excluding carboxylic acids is 1. The Morgan fingerprint density at radius 1 is 1.30 bits per heavy atom. The normalized spacial score (nSPS) is 16.3. The molecule has 0 aliphatic heterocycles. The molecule has 0 aliphatic rings. The Morgan fingerprint density at radius 3 is 2.30 bits per heavy atom. The minimum absolute atomic E-state index is 0.225. The summed E-state index contributed by atoms with van der Waals surface area (Å²) in [5, 5.41) is 9.78. The van der Waals surface area contributed by atoms with Crippen LogP contribution in [-0.4, -0.2) is 29.5 Å². The third-order valence-electron chi connectivity index (χ3n) is 3.05. The summed E-state index contributed by atoms with van der Waals surface area (Å²) in [5.41, 5.74) is -2.88. The van der Waals surface area contributed by atoms with E-state index in [-0.39, 0.29) is 6.61 Å². The van der Waals surface area contributed by atoms with E-state index >= 15 is 0 Å². The van der Waals surface area contributed by atoms with Crippen LogP contribution in [0.25, 0.3) is 0 Å². The Balaban J connectivity index is 2.99. The van der Waals surface area contributed by atoms with Crippen molar-refractivity contribution >= 4 is 5.97 Å². The fourth-order valence-electron chi connectivity index (χ4n) is 1.91. The predicted octanol–water partition coefficient (Wildman–Crippen LogP) is 3.04.